The molecule has 0 spiro atoms. The minimum absolute atomic E-state index is 0.112. The summed E-state index contributed by atoms with van der Waals surface area (Å²) in [4.78, 5) is 20.2. The maximum atomic E-state index is 12.3. The Balaban J connectivity index is 2.30. The summed E-state index contributed by atoms with van der Waals surface area (Å²) in [6, 6.07) is 9.20. The molecular weight excluding hydrogens is 240 g/mol. The second kappa shape index (κ2) is 6.09. The zero-order valence-electron chi connectivity index (χ0n) is 11.1. The lowest BCUT2D eigenvalue weighted by molar-refractivity contribution is 0.103. The van der Waals surface area contributed by atoms with E-state index in [0.29, 0.717) is 17.1 Å². The van der Waals surface area contributed by atoms with Gasteiger partial charge in [0.2, 0.25) is 11.7 Å². The molecule has 0 bridgehead atoms. The smallest absolute Gasteiger partial charge is 0.216 e. The average Bonchev–Trinajstić information content (AvgIpc) is 2.47. The second-order valence-electron chi connectivity index (χ2n) is 4.23. The van der Waals surface area contributed by atoms with Gasteiger partial charge in [0.25, 0.3) is 0 Å². The van der Waals surface area contributed by atoms with E-state index in [0.717, 1.165) is 18.4 Å². The number of aryl methyl sites for hydroxylation is 1. The number of rotatable bonds is 5. The van der Waals surface area contributed by atoms with Gasteiger partial charge in [-0.05, 0) is 18.1 Å². The van der Waals surface area contributed by atoms with Gasteiger partial charge in [0.05, 0.1) is 7.11 Å². The van der Waals surface area contributed by atoms with Crippen molar-refractivity contribution in [1.82, 2.24) is 9.97 Å². The Hall–Kier alpha value is -2.23. The Kier molecular flexibility index (Phi) is 4.23. The third-order valence-electron chi connectivity index (χ3n) is 2.81. The molecule has 1 aromatic heterocycles. The van der Waals surface area contributed by atoms with Crippen LogP contribution in [0.2, 0.25) is 0 Å². The van der Waals surface area contributed by atoms with Gasteiger partial charge in [-0.3, -0.25) is 4.79 Å². The van der Waals surface area contributed by atoms with Gasteiger partial charge < -0.3 is 4.74 Å². The first-order valence-corrected chi connectivity index (χ1v) is 6.24. The number of hydrogen-bond donors (Lipinski definition) is 0. The summed E-state index contributed by atoms with van der Waals surface area (Å²) in [5.41, 5.74) is 2.15. The van der Waals surface area contributed by atoms with E-state index in [9.17, 15) is 4.79 Å². The van der Waals surface area contributed by atoms with Gasteiger partial charge in [0, 0.05) is 11.6 Å². The van der Waals surface area contributed by atoms with E-state index in [-0.39, 0.29) is 5.78 Å². The number of benzene rings is 1. The van der Waals surface area contributed by atoms with E-state index in [1.54, 1.807) is 12.1 Å². The lowest BCUT2D eigenvalue weighted by atomic mass is 10.0. The molecule has 0 aliphatic heterocycles. The molecule has 0 amide bonds. The summed E-state index contributed by atoms with van der Waals surface area (Å²) in [6.07, 6.45) is 3.36. The fraction of sp³-hybridized carbons (Fsp3) is 0.267. The molecule has 0 atom stereocenters. The molecule has 0 saturated heterocycles. The zero-order valence-corrected chi connectivity index (χ0v) is 11.1. The van der Waals surface area contributed by atoms with Crippen molar-refractivity contribution in [3.63, 3.8) is 0 Å². The summed E-state index contributed by atoms with van der Waals surface area (Å²) in [5, 5.41) is 0. The summed E-state index contributed by atoms with van der Waals surface area (Å²) >= 11 is 0. The first kappa shape index (κ1) is 13.2. The summed E-state index contributed by atoms with van der Waals surface area (Å²) in [5.74, 6) is 0.279. The van der Waals surface area contributed by atoms with Gasteiger partial charge in [-0.1, -0.05) is 31.5 Å². The number of carbonyl (C=O) groups is 1. The molecule has 1 aromatic carbocycles. The largest absolute Gasteiger partial charge is 0.481 e. The fourth-order valence-electron chi connectivity index (χ4n) is 1.88. The molecule has 0 N–H and O–H groups in total. The predicted molar refractivity (Wildman–Crippen MR) is 72.5 cm³/mol. The van der Waals surface area contributed by atoms with E-state index in [2.05, 4.69) is 16.9 Å². The summed E-state index contributed by atoms with van der Waals surface area (Å²) in [7, 11) is 1.51. The normalized spacial score (nSPS) is 10.2. The van der Waals surface area contributed by atoms with Gasteiger partial charge >= 0.3 is 0 Å². The number of ketones is 1. The van der Waals surface area contributed by atoms with Gasteiger partial charge in [-0.15, -0.1) is 0 Å². The van der Waals surface area contributed by atoms with Crippen LogP contribution < -0.4 is 4.74 Å². The second-order valence-corrected chi connectivity index (χ2v) is 4.23. The average molecular weight is 256 g/mol. The topological polar surface area (TPSA) is 52.1 Å². The molecule has 0 fully saturated rings. The molecule has 2 aromatic rings. The van der Waals surface area contributed by atoms with Crippen molar-refractivity contribution in [3.05, 3.63) is 53.5 Å². The highest BCUT2D eigenvalue weighted by Gasteiger charge is 2.12. The number of ether oxygens (including phenoxy) is 1. The summed E-state index contributed by atoms with van der Waals surface area (Å²) in [6.45, 7) is 2.11. The standard InChI is InChI=1S/C15H16N2O2/c1-3-5-11-6-4-7-12(8-11)15(18)13-9-14(19-2)17-10-16-13/h4,6-10H,3,5H2,1-2H3. The maximum Gasteiger partial charge on any atom is 0.216 e. The first-order valence-electron chi connectivity index (χ1n) is 6.24. The van der Waals surface area contributed by atoms with Crippen LogP contribution in [0.5, 0.6) is 5.88 Å². The minimum atomic E-state index is -0.112. The highest BCUT2D eigenvalue weighted by Crippen LogP contribution is 2.14. The molecule has 0 aliphatic carbocycles. The van der Waals surface area contributed by atoms with Gasteiger partial charge in [0.1, 0.15) is 12.0 Å². The van der Waals surface area contributed by atoms with E-state index in [1.807, 2.05) is 18.2 Å². The SMILES string of the molecule is CCCc1cccc(C(=O)c2cc(OC)ncn2)c1. The monoisotopic (exact) mass is 256 g/mol. The van der Waals surface area contributed by atoms with Crippen molar-refractivity contribution in [2.24, 2.45) is 0 Å². The van der Waals surface area contributed by atoms with Gasteiger partial charge in [-0.25, -0.2) is 9.97 Å². The minimum Gasteiger partial charge on any atom is -0.481 e. The molecule has 19 heavy (non-hydrogen) atoms. The number of aromatic nitrogens is 2. The predicted octanol–water partition coefficient (Wildman–Crippen LogP) is 2.67. The van der Waals surface area contributed by atoms with Crippen LogP contribution in [-0.2, 0) is 6.42 Å². The van der Waals surface area contributed by atoms with E-state index in [1.165, 1.54) is 13.4 Å². The van der Waals surface area contributed by atoms with E-state index in [4.69, 9.17) is 4.74 Å². The summed E-state index contributed by atoms with van der Waals surface area (Å²) < 4.78 is 5.00. The Labute approximate surface area is 112 Å². The molecule has 0 radical (unpaired) electrons. The molecule has 2 rings (SSSR count). The van der Waals surface area contributed by atoms with Crippen molar-refractivity contribution in [1.29, 1.82) is 0 Å². The molecule has 0 aliphatic rings. The third kappa shape index (κ3) is 3.16. The molecule has 0 saturated carbocycles. The number of hydrogen-bond acceptors (Lipinski definition) is 4. The maximum absolute atomic E-state index is 12.3. The van der Waals surface area contributed by atoms with Crippen LogP contribution in [0.1, 0.15) is 35.0 Å². The zero-order chi connectivity index (χ0) is 13.7. The number of nitrogens with zero attached hydrogens (tertiary/aromatic N) is 2. The van der Waals surface area contributed by atoms with Crippen molar-refractivity contribution < 1.29 is 9.53 Å². The highest BCUT2D eigenvalue weighted by molar-refractivity contribution is 6.07. The Morgan fingerprint density at radius 1 is 1.26 bits per heavy atom. The molecule has 4 heteroatoms. The Morgan fingerprint density at radius 3 is 2.84 bits per heavy atom. The fourth-order valence-corrected chi connectivity index (χ4v) is 1.88. The lowest BCUT2D eigenvalue weighted by Crippen LogP contribution is -2.05. The third-order valence-corrected chi connectivity index (χ3v) is 2.81. The van der Waals surface area contributed by atoms with E-state index < -0.39 is 0 Å². The van der Waals surface area contributed by atoms with Crippen molar-refractivity contribution >= 4 is 5.78 Å². The number of carbonyl (C=O) groups excluding carboxylic acids is 1. The van der Waals surface area contributed by atoms with Crippen LogP contribution in [0.25, 0.3) is 0 Å². The molecule has 0 unspecified atom stereocenters. The van der Waals surface area contributed by atoms with Crippen molar-refractivity contribution in [2.75, 3.05) is 7.11 Å². The highest BCUT2D eigenvalue weighted by atomic mass is 16.5. The molecule has 4 nitrogen and oxygen atoms in total. The Morgan fingerprint density at radius 2 is 2.11 bits per heavy atom. The van der Waals surface area contributed by atoms with Crippen molar-refractivity contribution in [2.45, 2.75) is 19.8 Å². The molecule has 98 valence electrons. The van der Waals surface area contributed by atoms with Crippen LogP contribution in [0, 0.1) is 0 Å². The van der Waals surface area contributed by atoms with Crippen LogP contribution in [0.3, 0.4) is 0 Å². The molecular formula is C15H16N2O2. The van der Waals surface area contributed by atoms with Crippen LogP contribution in [0.4, 0.5) is 0 Å². The lowest BCUT2D eigenvalue weighted by Gasteiger charge is -2.04. The van der Waals surface area contributed by atoms with Gasteiger partial charge in [-0.2, -0.15) is 0 Å². The first-order chi connectivity index (χ1) is 9.24. The van der Waals surface area contributed by atoms with Gasteiger partial charge in [0.15, 0.2) is 0 Å². The molecule has 1 heterocycles. The quantitative estimate of drug-likeness (QED) is 0.772. The van der Waals surface area contributed by atoms with Crippen molar-refractivity contribution in [3.8, 4) is 5.88 Å². The van der Waals surface area contributed by atoms with Crippen LogP contribution >= 0.6 is 0 Å². The van der Waals surface area contributed by atoms with Crippen LogP contribution in [0.15, 0.2) is 36.7 Å². The van der Waals surface area contributed by atoms with Crippen LogP contribution in [-0.4, -0.2) is 22.9 Å². The number of methoxy groups -OCH3 is 1. The van der Waals surface area contributed by atoms with E-state index >= 15 is 0 Å². The Bertz CT molecular complexity index is 582.